The van der Waals surface area contributed by atoms with Crippen molar-refractivity contribution in [3.05, 3.63) is 55.7 Å². The molecule has 0 aliphatic carbocycles. The minimum atomic E-state index is -0.140. The van der Waals surface area contributed by atoms with E-state index in [-0.39, 0.29) is 11.7 Å². The van der Waals surface area contributed by atoms with Crippen molar-refractivity contribution in [1.29, 1.82) is 0 Å². The molecule has 0 fully saturated rings. The average molecular weight is 342 g/mol. The molecular weight excluding hydrogens is 329 g/mol. The molecule has 1 aromatic heterocycles. The Morgan fingerprint density at radius 3 is 2.38 bits per heavy atom. The van der Waals surface area contributed by atoms with Crippen LogP contribution in [-0.4, -0.2) is 23.6 Å². The highest BCUT2D eigenvalue weighted by molar-refractivity contribution is 7.15. The number of Topliss-reactive ketones (excluding diaryl/α,β-unsaturated/α-hetero) is 1. The molecule has 0 saturated heterocycles. The van der Waals surface area contributed by atoms with Gasteiger partial charge in [0.1, 0.15) is 0 Å². The maximum absolute atomic E-state index is 12.3. The first-order valence-corrected chi connectivity index (χ1v) is 7.76. The predicted octanol–water partition coefficient (Wildman–Crippen LogP) is 4.53. The summed E-state index contributed by atoms with van der Waals surface area (Å²) in [6, 6.07) is 8.52. The van der Waals surface area contributed by atoms with Crippen LogP contribution in [0.2, 0.25) is 10.0 Å². The van der Waals surface area contributed by atoms with Gasteiger partial charge in [-0.25, -0.2) is 0 Å². The van der Waals surface area contributed by atoms with Gasteiger partial charge in [0.25, 0.3) is 5.91 Å². The molecule has 3 nitrogen and oxygen atoms in total. The van der Waals surface area contributed by atoms with Gasteiger partial charge >= 0.3 is 0 Å². The van der Waals surface area contributed by atoms with Gasteiger partial charge in [-0.3, -0.25) is 9.59 Å². The molecule has 0 atom stereocenters. The summed E-state index contributed by atoms with van der Waals surface area (Å²) in [5, 5.41) is 1.08. The summed E-state index contributed by atoms with van der Waals surface area (Å²) in [5.41, 5.74) is 0.820. The number of hydrogen-bond acceptors (Lipinski definition) is 3. The Morgan fingerprint density at radius 2 is 1.81 bits per heavy atom. The van der Waals surface area contributed by atoms with E-state index in [0.717, 1.165) is 5.56 Å². The van der Waals surface area contributed by atoms with Gasteiger partial charge in [0.05, 0.1) is 9.75 Å². The van der Waals surface area contributed by atoms with Crippen molar-refractivity contribution in [3.8, 4) is 0 Å². The lowest BCUT2D eigenvalue weighted by atomic mass is 10.2. The third-order valence-corrected chi connectivity index (χ3v) is 4.69. The van der Waals surface area contributed by atoms with Gasteiger partial charge in [0.15, 0.2) is 5.78 Å². The molecule has 0 spiro atoms. The molecule has 0 bridgehead atoms. The Balaban J connectivity index is 2.13. The smallest absolute Gasteiger partial charge is 0.263 e. The van der Waals surface area contributed by atoms with Gasteiger partial charge in [0.2, 0.25) is 0 Å². The maximum atomic E-state index is 12.3. The van der Waals surface area contributed by atoms with E-state index in [1.807, 2.05) is 0 Å². The highest BCUT2D eigenvalue weighted by Gasteiger charge is 2.16. The molecule has 0 radical (unpaired) electrons. The highest BCUT2D eigenvalue weighted by Crippen LogP contribution is 2.24. The molecule has 2 aromatic rings. The first-order valence-electron chi connectivity index (χ1n) is 6.18. The van der Waals surface area contributed by atoms with E-state index in [1.54, 1.807) is 42.3 Å². The molecule has 1 amide bonds. The Morgan fingerprint density at radius 1 is 1.14 bits per heavy atom. The molecule has 0 aliphatic rings. The van der Waals surface area contributed by atoms with E-state index in [4.69, 9.17) is 23.2 Å². The number of nitrogens with zero attached hydrogens (tertiary/aromatic N) is 1. The average Bonchev–Trinajstić information content (AvgIpc) is 2.90. The van der Waals surface area contributed by atoms with Crippen molar-refractivity contribution in [2.45, 2.75) is 13.5 Å². The molecule has 1 aromatic carbocycles. The van der Waals surface area contributed by atoms with Crippen LogP contribution < -0.4 is 0 Å². The lowest BCUT2D eigenvalue weighted by Gasteiger charge is -2.17. The van der Waals surface area contributed by atoms with Crippen LogP contribution in [0.4, 0.5) is 0 Å². The molecular formula is C15H13Cl2NO2S. The zero-order chi connectivity index (χ0) is 15.6. The maximum Gasteiger partial charge on any atom is 0.263 e. The van der Waals surface area contributed by atoms with E-state index >= 15 is 0 Å². The summed E-state index contributed by atoms with van der Waals surface area (Å²) in [6.07, 6.45) is 0. The molecule has 21 heavy (non-hydrogen) atoms. The normalized spacial score (nSPS) is 10.5. The monoisotopic (exact) mass is 341 g/mol. The number of halogens is 2. The van der Waals surface area contributed by atoms with E-state index in [1.165, 1.54) is 18.3 Å². The van der Waals surface area contributed by atoms with Crippen LogP contribution in [0.3, 0.4) is 0 Å². The van der Waals surface area contributed by atoms with Gasteiger partial charge in [0, 0.05) is 23.6 Å². The largest absolute Gasteiger partial charge is 0.337 e. The quantitative estimate of drug-likeness (QED) is 0.766. The van der Waals surface area contributed by atoms with Crippen LogP contribution in [0, 0.1) is 0 Å². The van der Waals surface area contributed by atoms with E-state index in [0.29, 0.717) is 26.3 Å². The molecule has 6 heteroatoms. The van der Waals surface area contributed by atoms with Gasteiger partial charge in [-0.05, 0) is 36.8 Å². The number of rotatable bonds is 4. The fourth-order valence-electron chi connectivity index (χ4n) is 1.81. The van der Waals surface area contributed by atoms with Gasteiger partial charge in [-0.15, -0.1) is 11.3 Å². The molecule has 1 heterocycles. The summed E-state index contributed by atoms with van der Waals surface area (Å²) >= 11 is 13.2. The molecule has 110 valence electrons. The molecule has 0 aliphatic heterocycles. The Labute approximate surface area is 137 Å². The Hall–Kier alpha value is -1.36. The van der Waals surface area contributed by atoms with Crippen molar-refractivity contribution in [2.75, 3.05) is 7.05 Å². The lowest BCUT2D eigenvalue weighted by molar-refractivity contribution is 0.0790. The fourth-order valence-corrected chi connectivity index (χ4v) is 3.17. The topological polar surface area (TPSA) is 37.4 Å². The van der Waals surface area contributed by atoms with Crippen LogP contribution in [0.1, 0.15) is 31.8 Å². The summed E-state index contributed by atoms with van der Waals surface area (Å²) in [4.78, 5) is 26.3. The van der Waals surface area contributed by atoms with Crippen molar-refractivity contribution >= 4 is 46.2 Å². The third-order valence-electron chi connectivity index (χ3n) is 2.93. The number of thiophene rings is 1. The van der Waals surface area contributed by atoms with Crippen LogP contribution in [0.5, 0.6) is 0 Å². The molecule has 0 saturated carbocycles. The molecule has 0 N–H and O–H groups in total. The number of benzene rings is 1. The first-order chi connectivity index (χ1) is 9.88. The van der Waals surface area contributed by atoms with E-state index in [9.17, 15) is 9.59 Å². The predicted molar refractivity (Wildman–Crippen MR) is 86.6 cm³/mol. The SMILES string of the molecule is CC(=O)c1ccc(C(=O)N(C)Cc2ccc(Cl)cc2Cl)s1. The van der Waals surface area contributed by atoms with Crippen LogP contribution in [0.25, 0.3) is 0 Å². The fraction of sp³-hybridized carbons (Fsp3) is 0.200. The summed E-state index contributed by atoms with van der Waals surface area (Å²) in [5.74, 6) is -0.180. The second-order valence-electron chi connectivity index (χ2n) is 4.62. The van der Waals surface area contributed by atoms with Crippen LogP contribution in [-0.2, 0) is 6.54 Å². The number of amides is 1. The standard InChI is InChI=1S/C15H13Cl2NO2S/c1-9(19)13-5-6-14(21-13)15(20)18(2)8-10-3-4-11(16)7-12(10)17/h3-7H,8H2,1-2H3. The second kappa shape index (κ2) is 6.60. The van der Waals surface area contributed by atoms with Crippen molar-refractivity contribution < 1.29 is 9.59 Å². The summed E-state index contributed by atoms with van der Waals surface area (Å²) in [6.45, 7) is 1.86. The van der Waals surface area contributed by atoms with Crippen molar-refractivity contribution in [3.63, 3.8) is 0 Å². The number of hydrogen-bond donors (Lipinski definition) is 0. The minimum Gasteiger partial charge on any atom is -0.337 e. The van der Waals surface area contributed by atoms with Crippen LogP contribution >= 0.6 is 34.5 Å². The van der Waals surface area contributed by atoms with E-state index < -0.39 is 0 Å². The second-order valence-corrected chi connectivity index (χ2v) is 6.54. The van der Waals surface area contributed by atoms with Crippen molar-refractivity contribution in [2.24, 2.45) is 0 Å². The molecule has 2 rings (SSSR count). The zero-order valence-electron chi connectivity index (χ0n) is 11.5. The zero-order valence-corrected chi connectivity index (χ0v) is 13.9. The highest BCUT2D eigenvalue weighted by atomic mass is 35.5. The molecule has 0 unspecified atom stereocenters. The Bertz CT molecular complexity index is 697. The van der Waals surface area contributed by atoms with E-state index in [2.05, 4.69) is 0 Å². The minimum absolute atomic E-state index is 0.0394. The summed E-state index contributed by atoms with van der Waals surface area (Å²) < 4.78 is 0. The number of carbonyl (C=O) groups is 2. The third kappa shape index (κ3) is 3.84. The summed E-state index contributed by atoms with van der Waals surface area (Å²) in [7, 11) is 1.69. The lowest BCUT2D eigenvalue weighted by Crippen LogP contribution is -2.25. The van der Waals surface area contributed by atoms with Gasteiger partial charge in [-0.2, -0.15) is 0 Å². The number of carbonyl (C=O) groups excluding carboxylic acids is 2. The van der Waals surface area contributed by atoms with Crippen LogP contribution in [0.15, 0.2) is 30.3 Å². The number of ketones is 1. The van der Waals surface area contributed by atoms with Gasteiger partial charge in [-0.1, -0.05) is 29.3 Å². The van der Waals surface area contributed by atoms with Crippen molar-refractivity contribution in [1.82, 2.24) is 4.90 Å². The Kier molecular flexibility index (Phi) is 5.04. The first kappa shape index (κ1) is 16.0. The van der Waals surface area contributed by atoms with Gasteiger partial charge < -0.3 is 4.90 Å².